The number of hydrogen-bond acceptors (Lipinski definition) is 3. The molecule has 2 heterocycles. The van der Waals surface area contributed by atoms with Gasteiger partial charge in [0.1, 0.15) is 5.60 Å². The third kappa shape index (κ3) is 2.41. The molecule has 0 unspecified atom stereocenters. The van der Waals surface area contributed by atoms with Crippen LogP contribution >= 0.6 is 15.9 Å². The van der Waals surface area contributed by atoms with Crippen molar-refractivity contribution in [1.82, 2.24) is 9.55 Å². The van der Waals surface area contributed by atoms with Crippen LogP contribution in [-0.2, 0) is 4.74 Å². The first kappa shape index (κ1) is 13.1. The summed E-state index contributed by atoms with van der Waals surface area (Å²) in [6, 6.07) is 3.76. The monoisotopic (exact) mass is 310 g/mol. The molecular weight excluding hydrogens is 296 g/mol. The minimum absolute atomic E-state index is 0.402. The molecule has 0 aliphatic rings. The van der Waals surface area contributed by atoms with Gasteiger partial charge in [-0.3, -0.25) is 0 Å². The van der Waals surface area contributed by atoms with E-state index in [0.717, 1.165) is 15.6 Å². The van der Waals surface area contributed by atoms with Gasteiger partial charge in [0.15, 0.2) is 5.65 Å². The molecule has 0 aliphatic carbocycles. The highest BCUT2D eigenvalue weighted by atomic mass is 79.9. The fourth-order valence-corrected chi connectivity index (χ4v) is 2.14. The molecule has 0 saturated heterocycles. The SMILES string of the molecule is Cc1cc2c(Br)ccnc2n1C(=O)OC(C)(C)C. The number of rotatable bonds is 0. The van der Waals surface area contributed by atoms with Gasteiger partial charge in [0, 0.05) is 21.7 Å². The van der Waals surface area contributed by atoms with E-state index in [9.17, 15) is 4.79 Å². The van der Waals surface area contributed by atoms with Gasteiger partial charge in [-0.1, -0.05) is 0 Å². The molecule has 18 heavy (non-hydrogen) atoms. The van der Waals surface area contributed by atoms with E-state index in [1.807, 2.05) is 39.8 Å². The number of carbonyl (C=O) groups is 1. The fourth-order valence-electron chi connectivity index (χ4n) is 1.73. The van der Waals surface area contributed by atoms with E-state index in [1.165, 1.54) is 4.57 Å². The van der Waals surface area contributed by atoms with Crippen molar-refractivity contribution < 1.29 is 9.53 Å². The second-order valence-corrected chi connectivity index (χ2v) is 5.99. The standard InChI is InChI=1S/C13H15BrN2O2/c1-8-7-9-10(14)5-6-15-11(9)16(8)12(17)18-13(2,3)4/h5-7H,1-4H3. The smallest absolute Gasteiger partial charge is 0.420 e. The Kier molecular flexibility index (Phi) is 3.19. The first-order chi connectivity index (χ1) is 8.29. The van der Waals surface area contributed by atoms with Gasteiger partial charge >= 0.3 is 6.09 Å². The molecular formula is C13H15BrN2O2. The molecule has 4 nitrogen and oxygen atoms in total. The Morgan fingerprint density at radius 1 is 1.44 bits per heavy atom. The van der Waals surface area contributed by atoms with Crippen LogP contribution in [0.15, 0.2) is 22.8 Å². The van der Waals surface area contributed by atoms with Crippen molar-refractivity contribution in [2.45, 2.75) is 33.3 Å². The van der Waals surface area contributed by atoms with Crippen LogP contribution in [-0.4, -0.2) is 21.2 Å². The average molecular weight is 311 g/mol. The van der Waals surface area contributed by atoms with Crippen molar-refractivity contribution in [3.8, 4) is 0 Å². The predicted octanol–water partition coefficient (Wildman–Crippen LogP) is 3.89. The Labute approximate surface area is 114 Å². The molecule has 0 N–H and O–H groups in total. The van der Waals surface area contributed by atoms with Crippen LogP contribution in [0.25, 0.3) is 11.0 Å². The number of nitrogens with zero attached hydrogens (tertiary/aromatic N) is 2. The summed E-state index contributed by atoms with van der Waals surface area (Å²) in [5, 5.41) is 0.904. The van der Waals surface area contributed by atoms with Gasteiger partial charge in [0.2, 0.25) is 0 Å². The van der Waals surface area contributed by atoms with E-state index in [2.05, 4.69) is 20.9 Å². The van der Waals surface area contributed by atoms with Crippen molar-refractivity contribution >= 4 is 33.1 Å². The summed E-state index contributed by atoms with van der Waals surface area (Å²) in [6.45, 7) is 7.39. The summed E-state index contributed by atoms with van der Waals surface area (Å²) in [5.74, 6) is 0. The molecule has 0 bridgehead atoms. The number of aryl methyl sites for hydroxylation is 1. The lowest BCUT2D eigenvalue weighted by Gasteiger charge is -2.20. The topological polar surface area (TPSA) is 44.1 Å². The molecule has 2 rings (SSSR count). The fraction of sp³-hybridized carbons (Fsp3) is 0.385. The second kappa shape index (κ2) is 4.39. The zero-order valence-corrected chi connectivity index (χ0v) is 12.4. The van der Waals surface area contributed by atoms with E-state index < -0.39 is 11.7 Å². The first-order valence-electron chi connectivity index (χ1n) is 5.65. The highest BCUT2D eigenvalue weighted by Gasteiger charge is 2.21. The molecule has 0 aromatic carbocycles. The van der Waals surface area contributed by atoms with Crippen molar-refractivity contribution in [3.63, 3.8) is 0 Å². The maximum atomic E-state index is 12.2. The number of fused-ring (bicyclic) bond motifs is 1. The highest BCUT2D eigenvalue weighted by Crippen LogP contribution is 2.26. The molecule has 2 aromatic rings. The molecule has 0 radical (unpaired) electrons. The third-order valence-electron chi connectivity index (χ3n) is 2.41. The van der Waals surface area contributed by atoms with Crippen molar-refractivity contribution in [1.29, 1.82) is 0 Å². The lowest BCUT2D eigenvalue weighted by molar-refractivity contribution is 0.0541. The zero-order chi connectivity index (χ0) is 13.5. The van der Waals surface area contributed by atoms with Gasteiger partial charge in [-0.25, -0.2) is 14.3 Å². The number of aromatic nitrogens is 2. The summed E-state index contributed by atoms with van der Waals surface area (Å²) in [7, 11) is 0. The maximum Gasteiger partial charge on any atom is 0.420 e. The predicted molar refractivity (Wildman–Crippen MR) is 73.8 cm³/mol. The number of ether oxygens (including phenoxy) is 1. The Hall–Kier alpha value is -1.36. The number of halogens is 1. The molecule has 2 aromatic heterocycles. The van der Waals surface area contributed by atoms with Crippen LogP contribution in [0, 0.1) is 6.92 Å². The zero-order valence-electron chi connectivity index (χ0n) is 10.8. The van der Waals surface area contributed by atoms with Gasteiger partial charge in [-0.15, -0.1) is 0 Å². The third-order valence-corrected chi connectivity index (χ3v) is 3.10. The molecule has 5 heteroatoms. The van der Waals surface area contributed by atoms with Crippen molar-refractivity contribution in [2.24, 2.45) is 0 Å². The normalized spacial score (nSPS) is 11.8. The van der Waals surface area contributed by atoms with Crippen molar-refractivity contribution in [3.05, 3.63) is 28.5 Å². The van der Waals surface area contributed by atoms with Gasteiger partial charge in [0.05, 0.1) is 0 Å². The van der Waals surface area contributed by atoms with Crippen LogP contribution in [0.2, 0.25) is 0 Å². The molecule has 0 spiro atoms. The van der Waals surface area contributed by atoms with E-state index in [-0.39, 0.29) is 0 Å². The Balaban J connectivity index is 2.54. The minimum Gasteiger partial charge on any atom is -0.443 e. The quantitative estimate of drug-likeness (QED) is 0.741. The first-order valence-corrected chi connectivity index (χ1v) is 6.45. The Morgan fingerprint density at radius 2 is 2.11 bits per heavy atom. The highest BCUT2D eigenvalue weighted by molar-refractivity contribution is 9.10. The van der Waals surface area contributed by atoms with Crippen LogP contribution in [0.3, 0.4) is 0 Å². The van der Waals surface area contributed by atoms with Gasteiger partial charge in [-0.2, -0.15) is 0 Å². The summed E-state index contributed by atoms with van der Waals surface area (Å²) in [6.07, 6.45) is 1.26. The van der Waals surface area contributed by atoms with Crippen LogP contribution in [0.5, 0.6) is 0 Å². The Bertz CT molecular complexity index is 611. The average Bonchev–Trinajstić information content (AvgIpc) is 2.53. The minimum atomic E-state index is -0.522. The van der Waals surface area contributed by atoms with Gasteiger partial charge in [0.25, 0.3) is 0 Å². The molecule has 0 atom stereocenters. The largest absolute Gasteiger partial charge is 0.443 e. The van der Waals surface area contributed by atoms with Crippen LogP contribution in [0.4, 0.5) is 4.79 Å². The summed E-state index contributed by atoms with van der Waals surface area (Å²) in [5.41, 5.74) is 0.890. The maximum absolute atomic E-state index is 12.2. The summed E-state index contributed by atoms with van der Waals surface area (Å²) >= 11 is 3.45. The second-order valence-electron chi connectivity index (χ2n) is 5.13. The number of pyridine rings is 1. The summed E-state index contributed by atoms with van der Waals surface area (Å²) in [4.78, 5) is 16.4. The number of carbonyl (C=O) groups excluding carboxylic acids is 1. The Morgan fingerprint density at radius 3 is 2.72 bits per heavy atom. The van der Waals surface area contributed by atoms with Crippen LogP contribution < -0.4 is 0 Å². The van der Waals surface area contributed by atoms with E-state index >= 15 is 0 Å². The molecule has 0 amide bonds. The molecule has 0 aliphatic heterocycles. The van der Waals surface area contributed by atoms with Gasteiger partial charge in [-0.05, 0) is 55.8 Å². The molecule has 0 fully saturated rings. The van der Waals surface area contributed by atoms with Crippen LogP contribution in [0.1, 0.15) is 26.5 Å². The summed E-state index contributed by atoms with van der Waals surface area (Å²) < 4.78 is 7.79. The van der Waals surface area contributed by atoms with Crippen molar-refractivity contribution in [2.75, 3.05) is 0 Å². The molecule has 96 valence electrons. The van der Waals surface area contributed by atoms with E-state index in [0.29, 0.717) is 5.65 Å². The van der Waals surface area contributed by atoms with E-state index in [1.54, 1.807) is 6.20 Å². The molecule has 0 saturated carbocycles. The van der Waals surface area contributed by atoms with E-state index in [4.69, 9.17) is 4.74 Å². The van der Waals surface area contributed by atoms with Gasteiger partial charge < -0.3 is 4.74 Å². The number of hydrogen-bond donors (Lipinski definition) is 0. The lowest BCUT2D eigenvalue weighted by Crippen LogP contribution is -2.27. The lowest BCUT2D eigenvalue weighted by atomic mass is 10.2.